The minimum atomic E-state index is -0.465. The smallest absolute Gasteiger partial charge is 0.345 e. The van der Waals surface area contributed by atoms with Gasteiger partial charge in [0.25, 0.3) is 0 Å². The number of rotatable bonds is 11. The summed E-state index contributed by atoms with van der Waals surface area (Å²) < 4.78 is 17.8. The van der Waals surface area contributed by atoms with Gasteiger partial charge in [-0.05, 0) is 257 Å². The molecule has 0 aromatic heterocycles. The zero-order valence-electron chi connectivity index (χ0n) is 34.8. The Morgan fingerprint density at radius 1 is 0.385 bits per heavy atom. The third-order valence-electron chi connectivity index (χ3n) is 10.4. The van der Waals surface area contributed by atoms with Gasteiger partial charge in [0, 0.05) is 51.8 Å². The summed E-state index contributed by atoms with van der Waals surface area (Å²) in [4.78, 5) is 34.2. The van der Waals surface area contributed by atoms with Gasteiger partial charge in [0.1, 0.15) is 11.5 Å². The molecule has 0 aliphatic heterocycles. The van der Waals surface area contributed by atoms with Crippen LogP contribution in [0.15, 0.2) is 193 Å². The van der Waals surface area contributed by atoms with Crippen molar-refractivity contribution in [2.24, 2.45) is 0 Å². The highest BCUT2D eigenvalue weighted by atomic mass is 127. The van der Waals surface area contributed by atoms with E-state index in [0.29, 0.717) is 22.6 Å². The lowest BCUT2D eigenvalue weighted by molar-refractivity contribution is 0.0721. The van der Waals surface area contributed by atoms with Crippen molar-refractivity contribution < 1.29 is 19.1 Å². The SMILES string of the molecule is Cc1cc([S+](c2ccccc2)c2cccc(-c3cccc([S+](c4ccccc4)c4cc(C)c(OC(=O)c5c(I)ccc(I)c5I)c(C)c4)c3)c2)ccc1OC(=O)c1c(I)ccc(I)c1I. The van der Waals surface area contributed by atoms with Crippen molar-refractivity contribution in [2.45, 2.75) is 50.1 Å². The molecule has 324 valence electrons. The van der Waals surface area contributed by atoms with Gasteiger partial charge in [-0.15, -0.1) is 0 Å². The normalized spacial score (nSPS) is 12.1. The zero-order chi connectivity index (χ0) is 45.9. The quantitative estimate of drug-likeness (QED) is 0.0426. The Morgan fingerprint density at radius 3 is 1.26 bits per heavy atom. The van der Waals surface area contributed by atoms with Gasteiger partial charge in [0.15, 0.2) is 29.4 Å². The van der Waals surface area contributed by atoms with Crippen LogP contribution in [0.1, 0.15) is 37.4 Å². The number of carbonyl (C=O) groups is 2. The van der Waals surface area contributed by atoms with Crippen molar-refractivity contribution in [3.05, 3.63) is 213 Å². The number of halogens is 6. The molecule has 2 atom stereocenters. The first-order valence-electron chi connectivity index (χ1n) is 20.0. The van der Waals surface area contributed by atoms with E-state index in [1.807, 2.05) is 57.2 Å². The van der Waals surface area contributed by atoms with Gasteiger partial charge < -0.3 is 9.47 Å². The van der Waals surface area contributed by atoms with Crippen molar-refractivity contribution in [1.29, 1.82) is 0 Å². The Hall–Kier alpha value is -2.22. The summed E-state index contributed by atoms with van der Waals surface area (Å²) in [6.07, 6.45) is 0. The average Bonchev–Trinajstić information content (AvgIpc) is 3.30. The number of hydrogen-bond acceptors (Lipinski definition) is 4. The van der Waals surface area contributed by atoms with E-state index in [2.05, 4.69) is 263 Å². The van der Waals surface area contributed by atoms with Crippen LogP contribution in [-0.2, 0) is 21.8 Å². The van der Waals surface area contributed by atoms with Crippen LogP contribution >= 0.6 is 136 Å². The molecule has 8 rings (SSSR count). The molecule has 8 aromatic rings. The Morgan fingerprint density at radius 2 is 0.785 bits per heavy atom. The second-order valence-corrected chi connectivity index (χ2v) is 25.7. The second-order valence-electron chi connectivity index (χ2n) is 14.8. The molecule has 0 amide bonds. The van der Waals surface area contributed by atoms with Crippen LogP contribution in [0.5, 0.6) is 11.5 Å². The van der Waals surface area contributed by atoms with Crippen LogP contribution in [-0.4, -0.2) is 11.9 Å². The Kier molecular flexibility index (Phi) is 16.7. The highest BCUT2D eigenvalue weighted by molar-refractivity contribution is 14.1. The van der Waals surface area contributed by atoms with Crippen LogP contribution in [0.25, 0.3) is 11.1 Å². The lowest BCUT2D eigenvalue weighted by Crippen LogP contribution is -2.15. The molecule has 65 heavy (non-hydrogen) atoms. The fraction of sp³-hybridized carbons (Fsp3) is 0.0566. The third kappa shape index (κ3) is 11.1. The summed E-state index contributed by atoms with van der Waals surface area (Å²) in [7, 11) is -0.923. The van der Waals surface area contributed by atoms with Crippen molar-refractivity contribution in [3.8, 4) is 22.6 Å². The molecular formula is C53H36I6O4S2+2. The van der Waals surface area contributed by atoms with Crippen molar-refractivity contribution in [1.82, 2.24) is 0 Å². The van der Waals surface area contributed by atoms with E-state index >= 15 is 0 Å². The standard InChI is InChI=1S/C53H36I6O4S2/c1-31-26-40(20-25-46(31)62-52(60)47-42(54)21-23-44(56)49(47)58)64(36-14-6-4-7-15-36)38-18-10-12-34(29-38)35-13-11-19-39(30-35)65(37-16-8-5-9-17-37)41-27-32(2)51(33(3)28-41)63-53(61)48-43(55)22-24-45(57)50(48)59/h4-30H,1-3H3/q+2. The molecule has 0 heterocycles. The third-order valence-corrected chi connectivity index (χ3v) is 22.6. The van der Waals surface area contributed by atoms with Gasteiger partial charge in [0.05, 0.1) is 32.9 Å². The van der Waals surface area contributed by atoms with Gasteiger partial charge in [-0.3, -0.25) is 0 Å². The Labute approximate surface area is 467 Å². The summed E-state index contributed by atoms with van der Waals surface area (Å²) in [5.41, 5.74) is 6.13. The monoisotopic (exact) mass is 1560 g/mol. The van der Waals surface area contributed by atoms with Crippen LogP contribution in [0, 0.1) is 42.2 Å². The predicted octanol–water partition coefficient (Wildman–Crippen LogP) is 16.5. The molecule has 0 bridgehead atoms. The largest absolute Gasteiger partial charge is 0.423 e. The fourth-order valence-corrected chi connectivity index (χ4v) is 16.5. The summed E-state index contributed by atoms with van der Waals surface area (Å²) in [6.45, 7) is 6.05. The molecule has 0 N–H and O–H groups in total. The van der Waals surface area contributed by atoms with Gasteiger partial charge in [-0.25, -0.2) is 9.59 Å². The molecule has 2 unspecified atom stereocenters. The van der Waals surface area contributed by atoms with Crippen molar-refractivity contribution >= 4 is 169 Å². The van der Waals surface area contributed by atoms with Crippen LogP contribution < -0.4 is 9.47 Å². The number of hydrogen-bond donors (Lipinski definition) is 0. The summed E-state index contributed by atoms with van der Waals surface area (Å²) in [5.74, 6) is 0.441. The number of aryl methyl sites for hydroxylation is 3. The molecule has 8 aromatic carbocycles. The van der Waals surface area contributed by atoms with Gasteiger partial charge in [0.2, 0.25) is 0 Å². The first kappa shape index (κ1) is 49.2. The first-order chi connectivity index (χ1) is 31.3. The second kappa shape index (κ2) is 22.0. The maximum atomic E-state index is 13.7. The molecule has 0 saturated heterocycles. The Bertz CT molecular complexity index is 3090. The van der Waals surface area contributed by atoms with E-state index < -0.39 is 21.8 Å². The molecule has 0 spiro atoms. The maximum Gasteiger partial charge on any atom is 0.345 e. The molecule has 0 saturated carbocycles. The average molecular weight is 1560 g/mol. The van der Waals surface area contributed by atoms with Crippen molar-refractivity contribution in [2.75, 3.05) is 0 Å². The predicted molar refractivity (Wildman–Crippen MR) is 315 cm³/mol. The number of benzene rings is 8. The van der Waals surface area contributed by atoms with Crippen LogP contribution in [0.2, 0.25) is 0 Å². The molecule has 0 radical (unpaired) electrons. The summed E-state index contributed by atoms with van der Waals surface area (Å²) >= 11 is 13.4. The van der Waals surface area contributed by atoms with E-state index in [0.717, 1.165) is 59.0 Å². The molecular weight excluding hydrogens is 1530 g/mol. The van der Waals surface area contributed by atoms with Gasteiger partial charge in [-0.1, -0.05) is 60.7 Å². The highest BCUT2D eigenvalue weighted by Gasteiger charge is 2.33. The number of esters is 2. The maximum absolute atomic E-state index is 13.7. The zero-order valence-corrected chi connectivity index (χ0v) is 49.4. The topological polar surface area (TPSA) is 52.6 Å². The molecule has 0 aliphatic carbocycles. The van der Waals surface area contributed by atoms with Gasteiger partial charge in [-0.2, -0.15) is 0 Å². The molecule has 0 aliphatic rings. The van der Waals surface area contributed by atoms with Crippen LogP contribution in [0.4, 0.5) is 0 Å². The Balaban J connectivity index is 1.13. The van der Waals surface area contributed by atoms with Gasteiger partial charge >= 0.3 is 11.9 Å². The lowest BCUT2D eigenvalue weighted by Gasteiger charge is -2.15. The lowest BCUT2D eigenvalue weighted by atomic mass is 10.1. The number of ether oxygens (including phenoxy) is 2. The molecule has 4 nitrogen and oxygen atoms in total. The van der Waals surface area contributed by atoms with E-state index in [-0.39, 0.29) is 11.9 Å². The van der Waals surface area contributed by atoms with Crippen LogP contribution in [0.3, 0.4) is 0 Å². The molecule has 12 heteroatoms. The minimum absolute atomic E-state index is 0.348. The summed E-state index contributed by atoms with van der Waals surface area (Å²) in [6, 6.07) is 57.4. The number of carbonyl (C=O) groups excluding carboxylic acids is 2. The highest BCUT2D eigenvalue weighted by Crippen LogP contribution is 2.40. The van der Waals surface area contributed by atoms with E-state index in [9.17, 15) is 9.59 Å². The molecule has 0 fully saturated rings. The van der Waals surface area contributed by atoms with E-state index in [1.54, 1.807) is 0 Å². The van der Waals surface area contributed by atoms with E-state index in [4.69, 9.17) is 9.47 Å². The van der Waals surface area contributed by atoms with E-state index in [1.165, 1.54) is 19.6 Å². The fourth-order valence-electron chi connectivity index (χ4n) is 7.31. The first-order valence-corrected chi connectivity index (χ1v) is 28.9. The summed E-state index contributed by atoms with van der Waals surface area (Å²) in [5, 5.41) is 0. The minimum Gasteiger partial charge on any atom is -0.423 e. The van der Waals surface area contributed by atoms with Crippen molar-refractivity contribution in [3.63, 3.8) is 0 Å².